The van der Waals surface area contributed by atoms with E-state index in [9.17, 15) is 22.4 Å². The van der Waals surface area contributed by atoms with E-state index >= 15 is 0 Å². The van der Waals surface area contributed by atoms with Crippen molar-refractivity contribution in [2.75, 3.05) is 37.7 Å². The predicted octanol–water partition coefficient (Wildman–Crippen LogP) is 5.67. The lowest BCUT2D eigenvalue weighted by molar-refractivity contribution is -0.133. The Morgan fingerprint density at radius 2 is 1.45 bits per heavy atom. The third kappa shape index (κ3) is 5.05. The maximum atomic E-state index is 14.2. The summed E-state index contributed by atoms with van der Waals surface area (Å²) in [5, 5.41) is -1.22. The van der Waals surface area contributed by atoms with Crippen LogP contribution in [0.4, 0.5) is 23.2 Å². The molecule has 0 atom stereocenters. The molecule has 2 fully saturated rings. The summed E-state index contributed by atoms with van der Waals surface area (Å²) in [6, 6.07) is 7.82. The SMILES string of the molecule is O=C(COc1ccc(C2CCCCC2)cc1)N1CCN(c2c(F)c(F)c(Cl)c(F)c2F)CC1. The van der Waals surface area contributed by atoms with E-state index in [2.05, 4.69) is 0 Å². The summed E-state index contributed by atoms with van der Waals surface area (Å²) in [4.78, 5) is 15.2. The number of rotatable bonds is 5. The van der Waals surface area contributed by atoms with Gasteiger partial charge in [0.1, 0.15) is 16.5 Å². The summed E-state index contributed by atoms with van der Waals surface area (Å²) in [6.45, 7) is 0.114. The van der Waals surface area contributed by atoms with Crippen LogP contribution in [0, 0.1) is 23.3 Å². The van der Waals surface area contributed by atoms with Crippen molar-refractivity contribution >= 4 is 23.2 Å². The van der Waals surface area contributed by atoms with Crippen molar-refractivity contribution in [3.8, 4) is 5.75 Å². The molecular formula is C24H25ClF4N2O2. The molecule has 1 saturated heterocycles. The highest BCUT2D eigenvalue weighted by molar-refractivity contribution is 6.31. The van der Waals surface area contributed by atoms with Gasteiger partial charge in [-0.2, -0.15) is 0 Å². The molecule has 0 radical (unpaired) electrons. The molecule has 1 heterocycles. The standard InChI is InChI=1S/C24H25ClF4N2O2/c25-19-20(26)22(28)24(23(29)21(19)27)31-12-10-30(11-13-31)18(32)14-33-17-8-6-16(7-9-17)15-4-2-1-3-5-15/h6-9,15H,1-5,10-14H2. The lowest BCUT2D eigenvalue weighted by Gasteiger charge is -2.36. The number of amides is 1. The molecule has 0 unspecified atom stereocenters. The highest BCUT2D eigenvalue weighted by atomic mass is 35.5. The quantitative estimate of drug-likeness (QED) is 0.311. The molecule has 4 rings (SSSR count). The molecule has 2 aromatic carbocycles. The third-order valence-corrected chi connectivity index (χ3v) is 6.79. The highest BCUT2D eigenvalue weighted by Gasteiger charge is 2.31. The van der Waals surface area contributed by atoms with Gasteiger partial charge in [0.05, 0.1) is 0 Å². The van der Waals surface area contributed by atoms with Crippen LogP contribution in [-0.4, -0.2) is 43.6 Å². The van der Waals surface area contributed by atoms with Crippen LogP contribution in [0.15, 0.2) is 24.3 Å². The number of carbonyl (C=O) groups excluding carboxylic acids is 1. The average Bonchev–Trinajstić information content (AvgIpc) is 2.86. The molecule has 2 aromatic rings. The predicted molar refractivity (Wildman–Crippen MR) is 118 cm³/mol. The van der Waals surface area contributed by atoms with Gasteiger partial charge in [0, 0.05) is 26.2 Å². The second-order valence-electron chi connectivity index (χ2n) is 8.48. The van der Waals surface area contributed by atoms with Gasteiger partial charge in [-0.15, -0.1) is 0 Å². The van der Waals surface area contributed by atoms with Crippen LogP contribution in [0.3, 0.4) is 0 Å². The van der Waals surface area contributed by atoms with Crippen molar-refractivity contribution in [2.45, 2.75) is 38.0 Å². The Kier molecular flexibility index (Phi) is 7.32. The molecule has 4 nitrogen and oxygen atoms in total. The van der Waals surface area contributed by atoms with E-state index < -0.39 is 34.0 Å². The Hall–Kier alpha value is -2.48. The number of ether oxygens (including phenoxy) is 1. The fourth-order valence-corrected chi connectivity index (χ4v) is 4.72. The Morgan fingerprint density at radius 1 is 0.879 bits per heavy atom. The Balaban J connectivity index is 1.30. The minimum atomic E-state index is -1.63. The number of anilines is 1. The lowest BCUT2D eigenvalue weighted by Crippen LogP contribution is -2.50. The number of hydrogen-bond acceptors (Lipinski definition) is 3. The van der Waals surface area contributed by atoms with Crippen LogP contribution in [-0.2, 0) is 4.79 Å². The van der Waals surface area contributed by atoms with Gasteiger partial charge in [0.2, 0.25) is 0 Å². The lowest BCUT2D eigenvalue weighted by atomic mass is 9.84. The molecule has 1 amide bonds. The van der Waals surface area contributed by atoms with Crippen LogP contribution in [0.1, 0.15) is 43.6 Å². The van der Waals surface area contributed by atoms with E-state index in [-0.39, 0.29) is 38.7 Å². The molecule has 1 saturated carbocycles. The van der Waals surface area contributed by atoms with E-state index in [1.807, 2.05) is 24.3 Å². The number of hydrogen-bond donors (Lipinski definition) is 0. The first-order valence-corrected chi connectivity index (χ1v) is 11.5. The Bertz CT molecular complexity index is 976. The van der Waals surface area contributed by atoms with Gasteiger partial charge in [-0.1, -0.05) is 43.0 Å². The fourth-order valence-electron chi connectivity index (χ4n) is 4.56. The third-order valence-electron chi connectivity index (χ3n) is 6.45. The molecule has 33 heavy (non-hydrogen) atoms. The van der Waals surface area contributed by atoms with Gasteiger partial charge in [0.15, 0.2) is 29.9 Å². The van der Waals surface area contributed by atoms with Gasteiger partial charge < -0.3 is 14.5 Å². The molecule has 2 aliphatic rings. The first kappa shape index (κ1) is 23.7. The number of halogens is 5. The summed E-state index contributed by atoms with van der Waals surface area (Å²) < 4.78 is 61.5. The first-order valence-electron chi connectivity index (χ1n) is 11.1. The number of nitrogens with zero attached hydrogens (tertiary/aromatic N) is 2. The van der Waals surface area contributed by atoms with E-state index in [1.165, 1.54) is 47.5 Å². The number of benzene rings is 2. The molecule has 0 spiro atoms. The smallest absolute Gasteiger partial charge is 0.260 e. The zero-order valence-corrected chi connectivity index (χ0v) is 18.8. The summed E-state index contributed by atoms with van der Waals surface area (Å²) in [7, 11) is 0. The minimum Gasteiger partial charge on any atom is -0.484 e. The second-order valence-corrected chi connectivity index (χ2v) is 8.86. The van der Waals surface area contributed by atoms with Gasteiger partial charge in [-0.05, 0) is 36.5 Å². The van der Waals surface area contributed by atoms with Crippen molar-refractivity contribution in [3.63, 3.8) is 0 Å². The van der Waals surface area contributed by atoms with Crippen LogP contribution < -0.4 is 9.64 Å². The largest absolute Gasteiger partial charge is 0.484 e. The highest BCUT2D eigenvalue weighted by Crippen LogP contribution is 2.34. The Morgan fingerprint density at radius 3 is 2.03 bits per heavy atom. The molecule has 0 bridgehead atoms. The van der Waals surface area contributed by atoms with Gasteiger partial charge >= 0.3 is 0 Å². The summed E-state index contributed by atoms with van der Waals surface area (Å²) in [6.07, 6.45) is 6.21. The van der Waals surface area contributed by atoms with Crippen LogP contribution in [0.25, 0.3) is 0 Å². The van der Waals surface area contributed by atoms with E-state index in [1.54, 1.807) is 0 Å². The zero-order chi connectivity index (χ0) is 23.5. The van der Waals surface area contributed by atoms with E-state index in [0.29, 0.717) is 11.7 Å². The van der Waals surface area contributed by atoms with Crippen molar-refractivity contribution in [3.05, 3.63) is 58.1 Å². The summed E-state index contributed by atoms with van der Waals surface area (Å²) >= 11 is 5.28. The number of carbonyl (C=O) groups is 1. The van der Waals surface area contributed by atoms with Crippen molar-refractivity contribution < 1.29 is 27.1 Å². The maximum Gasteiger partial charge on any atom is 0.260 e. The molecule has 0 N–H and O–H groups in total. The minimum absolute atomic E-state index is 0.0101. The van der Waals surface area contributed by atoms with E-state index in [4.69, 9.17) is 16.3 Å². The van der Waals surface area contributed by atoms with Crippen LogP contribution in [0.5, 0.6) is 5.75 Å². The molecule has 0 aromatic heterocycles. The fraction of sp³-hybridized carbons (Fsp3) is 0.458. The van der Waals surface area contributed by atoms with Crippen LogP contribution in [0.2, 0.25) is 5.02 Å². The van der Waals surface area contributed by atoms with Crippen molar-refractivity contribution in [1.82, 2.24) is 4.90 Å². The summed E-state index contributed by atoms with van der Waals surface area (Å²) in [5.74, 6) is -5.45. The van der Waals surface area contributed by atoms with Gasteiger partial charge in [-0.3, -0.25) is 4.79 Å². The normalized spacial score (nSPS) is 17.4. The van der Waals surface area contributed by atoms with Gasteiger partial charge in [-0.25, -0.2) is 17.6 Å². The average molecular weight is 485 g/mol. The second kappa shape index (κ2) is 10.2. The summed E-state index contributed by atoms with van der Waals surface area (Å²) in [5.41, 5.74) is 0.481. The maximum absolute atomic E-state index is 14.2. The first-order chi connectivity index (χ1) is 15.9. The molecule has 1 aliphatic carbocycles. The van der Waals surface area contributed by atoms with Crippen LogP contribution >= 0.6 is 11.6 Å². The topological polar surface area (TPSA) is 32.8 Å². The molecule has 178 valence electrons. The number of piperazine rings is 1. The van der Waals surface area contributed by atoms with Gasteiger partial charge in [0.25, 0.3) is 5.91 Å². The van der Waals surface area contributed by atoms with E-state index in [0.717, 1.165) is 0 Å². The molecule has 9 heteroatoms. The molecular weight excluding hydrogens is 460 g/mol. The monoisotopic (exact) mass is 484 g/mol. The Labute approximate surface area is 195 Å². The van der Waals surface area contributed by atoms with Crippen molar-refractivity contribution in [1.29, 1.82) is 0 Å². The molecule has 1 aliphatic heterocycles. The zero-order valence-electron chi connectivity index (χ0n) is 18.1. The van der Waals surface area contributed by atoms with Crippen molar-refractivity contribution in [2.24, 2.45) is 0 Å².